The zero-order valence-electron chi connectivity index (χ0n) is 22.5. The van der Waals surface area contributed by atoms with Crippen molar-refractivity contribution in [2.45, 2.75) is 45.1 Å². The van der Waals surface area contributed by atoms with Crippen molar-refractivity contribution in [2.75, 3.05) is 37.6 Å². The van der Waals surface area contributed by atoms with Gasteiger partial charge in [-0.15, -0.1) is 11.3 Å². The van der Waals surface area contributed by atoms with Gasteiger partial charge in [-0.1, -0.05) is 0 Å². The van der Waals surface area contributed by atoms with Crippen molar-refractivity contribution in [1.82, 2.24) is 15.2 Å². The average molecular weight is 543 g/mol. The molecular formula is C32H38N4O2S. The average Bonchev–Trinajstić information content (AvgIpc) is 3.40. The Labute approximate surface area is 235 Å². The predicted octanol–water partition coefficient (Wildman–Crippen LogP) is 5.78. The molecule has 4 bridgehead atoms. The van der Waals surface area contributed by atoms with Crippen LogP contribution >= 0.6 is 11.3 Å². The predicted molar refractivity (Wildman–Crippen MR) is 156 cm³/mol. The molecule has 0 unspecified atom stereocenters. The second-order valence-corrected chi connectivity index (χ2v) is 13.6. The Morgan fingerprint density at radius 3 is 2.31 bits per heavy atom. The Morgan fingerprint density at radius 2 is 1.64 bits per heavy atom. The Balaban J connectivity index is 0.899. The first-order valence-corrected chi connectivity index (χ1v) is 15.5. The molecule has 3 heterocycles. The van der Waals surface area contributed by atoms with E-state index in [0.717, 1.165) is 73.7 Å². The van der Waals surface area contributed by atoms with E-state index in [4.69, 9.17) is 0 Å². The highest BCUT2D eigenvalue weighted by Crippen LogP contribution is 2.59. The first-order valence-electron chi connectivity index (χ1n) is 14.6. The Hall–Kier alpha value is -2.90. The number of pyridine rings is 1. The van der Waals surface area contributed by atoms with Gasteiger partial charge in [0.05, 0.1) is 6.20 Å². The van der Waals surface area contributed by atoms with Crippen molar-refractivity contribution in [3.63, 3.8) is 0 Å². The van der Waals surface area contributed by atoms with Gasteiger partial charge in [0.2, 0.25) is 0 Å². The fourth-order valence-corrected chi connectivity index (χ4v) is 9.22. The van der Waals surface area contributed by atoms with Crippen LogP contribution in [-0.4, -0.2) is 53.6 Å². The van der Waals surface area contributed by atoms with Crippen LogP contribution in [0, 0.1) is 23.2 Å². The summed E-state index contributed by atoms with van der Waals surface area (Å²) in [5.74, 6) is 3.02. The molecule has 0 spiro atoms. The molecule has 2 aromatic heterocycles. The quantitative estimate of drug-likeness (QED) is 0.396. The van der Waals surface area contributed by atoms with Crippen LogP contribution in [-0.2, 0) is 6.54 Å². The van der Waals surface area contributed by atoms with Gasteiger partial charge in [0, 0.05) is 67.2 Å². The van der Waals surface area contributed by atoms with Gasteiger partial charge in [-0.25, -0.2) is 0 Å². The molecule has 4 saturated carbocycles. The maximum Gasteiger partial charge on any atom is 0.251 e. The van der Waals surface area contributed by atoms with Crippen molar-refractivity contribution >= 4 is 22.9 Å². The van der Waals surface area contributed by atoms with E-state index in [9.17, 15) is 9.90 Å². The highest BCUT2D eigenvalue weighted by Gasteiger charge is 2.50. The molecule has 5 aliphatic rings. The van der Waals surface area contributed by atoms with Crippen molar-refractivity contribution in [3.05, 3.63) is 64.6 Å². The van der Waals surface area contributed by atoms with Crippen LogP contribution in [0.1, 0.15) is 53.8 Å². The molecule has 1 aromatic carbocycles. The molecule has 8 rings (SSSR count). The minimum absolute atomic E-state index is 0.0823. The topological polar surface area (TPSA) is 68.7 Å². The van der Waals surface area contributed by atoms with Crippen LogP contribution in [0.4, 0.5) is 5.69 Å². The lowest BCUT2D eigenvalue weighted by Crippen LogP contribution is -2.51. The van der Waals surface area contributed by atoms with Crippen LogP contribution < -0.4 is 10.2 Å². The molecule has 3 aromatic rings. The van der Waals surface area contributed by atoms with Crippen LogP contribution in [0.3, 0.4) is 0 Å². The summed E-state index contributed by atoms with van der Waals surface area (Å²) in [4.78, 5) is 23.3. The second kappa shape index (κ2) is 10.3. The van der Waals surface area contributed by atoms with E-state index in [1.807, 2.05) is 12.1 Å². The molecule has 4 aliphatic carbocycles. The van der Waals surface area contributed by atoms with Gasteiger partial charge in [-0.05, 0) is 109 Å². The maximum absolute atomic E-state index is 13.0. The van der Waals surface area contributed by atoms with E-state index in [1.54, 1.807) is 23.6 Å². The molecule has 6 nitrogen and oxygen atoms in total. The number of anilines is 1. The van der Waals surface area contributed by atoms with E-state index >= 15 is 0 Å². The third kappa shape index (κ3) is 5.31. The smallest absolute Gasteiger partial charge is 0.251 e. The molecule has 1 aliphatic heterocycles. The largest absolute Gasteiger partial charge is 0.506 e. The number of carbonyl (C=O) groups excluding carboxylic acids is 1. The number of nitrogens with one attached hydrogen (secondary N) is 1. The molecule has 1 saturated heterocycles. The van der Waals surface area contributed by atoms with E-state index in [2.05, 4.69) is 43.7 Å². The van der Waals surface area contributed by atoms with E-state index < -0.39 is 0 Å². The third-order valence-corrected chi connectivity index (χ3v) is 10.7. The Morgan fingerprint density at radius 1 is 0.949 bits per heavy atom. The minimum Gasteiger partial charge on any atom is -0.506 e. The van der Waals surface area contributed by atoms with Crippen LogP contribution in [0.5, 0.6) is 5.75 Å². The normalized spacial score (nSPS) is 28.1. The number of aromatic nitrogens is 1. The third-order valence-electron chi connectivity index (χ3n) is 9.75. The molecule has 0 radical (unpaired) electrons. The van der Waals surface area contributed by atoms with Gasteiger partial charge in [-0.2, -0.15) is 0 Å². The van der Waals surface area contributed by atoms with Crippen LogP contribution in [0.15, 0.2) is 54.2 Å². The van der Waals surface area contributed by atoms with Crippen molar-refractivity contribution in [2.24, 2.45) is 23.2 Å². The van der Waals surface area contributed by atoms with Gasteiger partial charge in [0.25, 0.3) is 5.91 Å². The van der Waals surface area contributed by atoms with Crippen molar-refractivity contribution in [3.8, 4) is 16.9 Å². The number of hydrogen-bond donors (Lipinski definition) is 2. The summed E-state index contributed by atoms with van der Waals surface area (Å²) >= 11 is 1.76. The number of hydrogen-bond acceptors (Lipinski definition) is 6. The van der Waals surface area contributed by atoms with Crippen molar-refractivity contribution < 1.29 is 9.90 Å². The number of benzene rings is 1. The summed E-state index contributed by atoms with van der Waals surface area (Å²) in [5, 5.41) is 15.2. The summed E-state index contributed by atoms with van der Waals surface area (Å²) in [6.07, 6.45) is 11.6. The molecule has 2 N–H and O–H groups in total. The fraction of sp³-hybridized carbons (Fsp3) is 0.500. The first kappa shape index (κ1) is 25.1. The number of amides is 1. The lowest BCUT2D eigenvalue weighted by Gasteiger charge is -2.56. The molecule has 5 fully saturated rings. The Bertz CT molecular complexity index is 1290. The summed E-state index contributed by atoms with van der Waals surface area (Å²) in [7, 11) is 0. The summed E-state index contributed by atoms with van der Waals surface area (Å²) < 4.78 is 0. The van der Waals surface area contributed by atoms with Gasteiger partial charge in [0.15, 0.2) is 0 Å². The lowest BCUT2D eigenvalue weighted by atomic mass is 9.49. The Kier molecular flexibility index (Phi) is 6.60. The summed E-state index contributed by atoms with van der Waals surface area (Å²) in [5.41, 5.74) is 4.40. The molecule has 39 heavy (non-hydrogen) atoms. The number of piperazine rings is 1. The molecular weight excluding hydrogens is 504 g/mol. The highest BCUT2D eigenvalue weighted by atomic mass is 32.1. The second-order valence-electron chi connectivity index (χ2n) is 12.6. The number of thiophene rings is 1. The number of carbonyl (C=O) groups is 1. The number of aromatic hydroxyl groups is 1. The minimum atomic E-state index is 0.0823. The maximum atomic E-state index is 13.0. The lowest BCUT2D eigenvalue weighted by molar-refractivity contribution is -0.0503. The van der Waals surface area contributed by atoms with Crippen LogP contribution in [0.25, 0.3) is 11.1 Å². The standard InChI is InChI=1S/C32H38N4O2S/c37-29-12-26(17-33-18-29)27-13-30(39-20-27)19-35-5-7-36(8-6-35)28-3-1-25(2-4-28)31(38)34-21-32-14-22-9-23(15-32)11-24(10-22)16-32/h1-4,12-13,17-18,20,22-24,37H,5-11,14-16,19,21H2,(H,34,38). The monoisotopic (exact) mass is 542 g/mol. The summed E-state index contributed by atoms with van der Waals surface area (Å²) in [6.45, 7) is 5.77. The SMILES string of the molecule is O=C(NCC12CC3CC(CC(C3)C1)C2)c1ccc(N2CCN(Cc3cc(-c4cncc(O)c4)cs3)CC2)cc1. The van der Waals surface area contributed by atoms with E-state index in [0.29, 0.717) is 5.41 Å². The van der Waals surface area contributed by atoms with Gasteiger partial charge in [0.1, 0.15) is 5.75 Å². The van der Waals surface area contributed by atoms with E-state index in [-0.39, 0.29) is 11.7 Å². The number of rotatable bonds is 7. The zero-order valence-corrected chi connectivity index (χ0v) is 23.3. The van der Waals surface area contributed by atoms with Crippen LogP contribution in [0.2, 0.25) is 0 Å². The van der Waals surface area contributed by atoms with Gasteiger partial charge < -0.3 is 15.3 Å². The molecule has 1 amide bonds. The molecule has 7 heteroatoms. The molecule has 0 atom stereocenters. The van der Waals surface area contributed by atoms with Crippen molar-refractivity contribution in [1.29, 1.82) is 0 Å². The zero-order chi connectivity index (χ0) is 26.4. The highest BCUT2D eigenvalue weighted by molar-refractivity contribution is 7.10. The fourth-order valence-electron chi connectivity index (χ4n) is 8.29. The van der Waals surface area contributed by atoms with Gasteiger partial charge in [-0.3, -0.25) is 14.7 Å². The first-order chi connectivity index (χ1) is 19.0. The number of nitrogens with zero attached hydrogens (tertiary/aromatic N) is 3. The van der Waals surface area contributed by atoms with E-state index in [1.165, 1.54) is 55.3 Å². The summed E-state index contributed by atoms with van der Waals surface area (Å²) in [6, 6.07) is 12.2. The molecule has 204 valence electrons. The van der Waals surface area contributed by atoms with Gasteiger partial charge >= 0.3 is 0 Å².